The molecule has 220 valence electrons. The summed E-state index contributed by atoms with van der Waals surface area (Å²) >= 11 is -5.25. The monoisotopic (exact) mass is 750 g/mol. The molecule has 0 aromatic heterocycles. The van der Waals surface area contributed by atoms with Gasteiger partial charge in [0.25, 0.3) is 0 Å². The van der Waals surface area contributed by atoms with E-state index in [0.29, 0.717) is 5.92 Å². The van der Waals surface area contributed by atoms with Crippen LogP contribution >= 0.6 is 0 Å². The number of unbranched alkanes of at least 4 members (excludes halogenated alkanes) is 6. The molecule has 0 heterocycles. The van der Waals surface area contributed by atoms with E-state index in [0.717, 1.165) is 1.95 Å². The van der Waals surface area contributed by atoms with E-state index in [1.807, 2.05) is 0 Å². The summed E-state index contributed by atoms with van der Waals surface area (Å²) in [6, 6.07) is 0. The zero-order chi connectivity index (χ0) is 28.4. The maximum atomic E-state index is 11.8. The fourth-order valence-corrected chi connectivity index (χ4v) is 88.1. The summed E-state index contributed by atoms with van der Waals surface area (Å²) in [5, 5.41) is 11.8. The summed E-state index contributed by atoms with van der Waals surface area (Å²) in [5.74, 6) is 3.93. The average molecular weight is 748 g/mol. The number of aliphatic hydroxyl groups excluding tert-OH is 1. The minimum absolute atomic E-state index is 0.404. The molecule has 0 unspecified atom stereocenters. The molecule has 0 bridgehead atoms. The Kier molecular flexibility index (Phi) is 21.9. The van der Waals surface area contributed by atoms with Crippen LogP contribution in [0, 0.1) is 17.4 Å². The molecule has 0 radical (unpaired) electrons. The molecule has 0 aliphatic rings. The van der Waals surface area contributed by atoms with Gasteiger partial charge < -0.3 is 0 Å². The van der Waals surface area contributed by atoms with Gasteiger partial charge >= 0.3 is 247 Å². The van der Waals surface area contributed by atoms with Crippen molar-refractivity contribution in [1.29, 1.82) is 0 Å². The summed E-state index contributed by atoms with van der Waals surface area (Å²) in [5.41, 5.74) is 3.60. The first-order valence-electron chi connectivity index (χ1n) is 16.7. The molecular weight excluding hydrogens is 678 g/mol. The molecule has 0 rings (SSSR count). The van der Waals surface area contributed by atoms with Gasteiger partial charge in [0, 0.05) is 0 Å². The Balaban J connectivity index is 7.21. The van der Waals surface area contributed by atoms with Crippen LogP contribution in [-0.2, 0) is 0 Å². The van der Waals surface area contributed by atoms with E-state index in [1.165, 1.54) is 77.0 Å². The summed E-state index contributed by atoms with van der Waals surface area (Å²) in [6.07, 6.45) is 16.3. The van der Waals surface area contributed by atoms with Crippen molar-refractivity contribution in [3.63, 3.8) is 0 Å². The van der Waals surface area contributed by atoms with Gasteiger partial charge in [0.1, 0.15) is 0 Å². The van der Waals surface area contributed by atoms with Crippen molar-refractivity contribution in [2.24, 2.45) is 5.92 Å². The molecule has 0 fully saturated rings. The van der Waals surface area contributed by atoms with E-state index in [-0.39, 0.29) is 0 Å². The van der Waals surface area contributed by atoms with Crippen molar-refractivity contribution in [1.82, 2.24) is 0 Å². The van der Waals surface area contributed by atoms with Gasteiger partial charge in [-0.15, -0.1) is 0 Å². The Hall–Kier alpha value is 1.33. The van der Waals surface area contributed by atoms with Crippen molar-refractivity contribution in [2.75, 3.05) is 0 Å². The van der Waals surface area contributed by atoms with Gasteiger partial charge in [-0.05, 0) is 0 Å². The first kappa shape index (κ1) is 38.3. The van der Waals surface area contributed by atoms with Crippen LogP contribution in [0.3, 0.4) is 0 Å². The van der Waals surface area contributed by atoms with Crippen molar-refractivity contribution in [3.8, 4) is 11.5 Å². The van der Waals surface area contributed by atoms with Crippen LogP contribution in [0.25, 0.3) is 0 Å². The molecule has 0 aliphatic heterocycles. The molecule has 0 spiro atoms. The number of rotatable bonds is 22. The second kappa shape index (κ2) is 21.1. The van der Waals surface area contributed by atoms with Gasteiger partial charge in [0.05, 0.1) is 0 Å². The Morgan fingerprint density at radius 1 is 0.568 bits per heavy atom. The fraction of sp³-hybridized carbons (Fsp3) is 0.939. The first-order valence-corrected chi connectivity index (χ1v) is 35.6. The van der Waals surface area contributed by atoms with E-state index in [2.05, 4.69) is 79.6 Å². The van der Waals surface area contributed by atoms with Crippen molar-refractivity contribution in [3.05, 3.63) is 0 Å². The Morgan fingerprint density at radius 3 is 1.05 bits per heavy atom. The zero-order valence-electron chi connectivity index (χ0n) is 27.4. The molecule has 37 heavy (non-hydrogen) atoms. The van der Waals surface area contributed by atoms with Crippen molar-refractivity contribution in [2.45, 2.75) is 180 Å². The van der Waals surface area contributed by atoms with Crippen LogP contribution in [-0.4, -0.2) is 56.0 Å². The van der Waals surface area contributed by atoms with Crippen LogP contribution < -0.4 is 0 Å². The third-order valence-corrected chi connectivity index (χ3v) is 67.1. The summed E-state index contributed by atoms with van der Waals surface area (Å²) in [4.78, 5) is 0. The average Bonchev–Trinajstić information content (AvgIpc) is 2.87. The van der Waals surface area contributed by atoms with E-state index < -0.39 is 50.9 Å². The molecule has 1 N–H and O–H groups in total. The molecule has 1 nitrogen and oxygen atoms in total. The molecule has 2 atom stereocenters. The number of hydrogen-bond acceptors (Lipinski definition) is 1. The molecular formula is C33H70OSiSn2. The van der Waals surface area contributed by atoms with Crippen LogP contribution in [0.4, 0.5) is 0 Å². The minimum atomic E-state index is -2.63. The molecule has 0 saturated heterocycles. The molecule has 0 aromatic carbocycles. The third-order valence-electron chi connectivity index (χ3n) is 9.11. The van der Waals surface area contributed by atoms with E-state index in [4.69, 9.17) is 0 Å². The summed E-state index contributed by atoms with van der Waals surface area (Å²) in [6.45, 7) is 24.0. The standard InChI is InChI=1S/C9H16OSi.6C4H9.2Sn/c1-8(2)9(10)6-7-11(3,4)5;6*1-3-4-2;;/h1,8-10H,2-5H3;6*1,3-4H2,2H3;;/t8-,9+;;;;;;;;/m0......../s1. The predicted molar refractivity (Wildman–Crippen MR) is 180 cm³/mol. The molecule has 4 heteroatoms. The van der Waals surface area contributed by atoms with E-state index in [1.54, 1.807) is 26.6 Å². The molecule has 0 saturated carbocycles. The van der Waals surface area contributed by atoms with Crippen molar-refractivity contribution >= 4 is 44.8 Å². The molecule has 0 aromatic rings. The topological polar surface area (TPSA) is 20.2 Å². The van der Waals surface area contributed by atoms with Gasteiger partial charge in [-0.25, -0.2) is 0 Å². The Labute approximate surface area is 245 Å². The summed E-state index contributed by atoms with van der Waals surface area (Å²) in [7, 11) is -1.51. The van der Waals surface area contributed by atoms with E-state index in [9.17, 15) is 5.11 Å². The SMILES string of the molecule is CCC[CH2][Sn]([CH2]CCC)([CH2]CCC)[CH]([C@@H](C)[C@H](O)C#C[Si](C)(C)C)[Sn]([CH2]CCC)([CH2]CCC)[CH2]CCC. The molecule has 0 amide bonds. The number of aliphatic hydroxyl groups is 1. The Morgan fingerprint density at radius 2 is 0.838 bits per heavy atom. The first-order chi connectivity index (χ1) is 17.5. The maximum absolute atomic E-state index is 11.8. The van der Waals surface area contributed by atoms with Crippen LogP contribution in [0.2, 0.25) is 48.2 Å². The third kappa shape index (κ3) is 14.2. The normalized spacial score (nSPS) is 14.5. The quantitative estimate of drug-likeness (QED) is 0.0864. The van der Waals surface area contributed by atoms with Gasteiger partial charge in [-0.3, -0.25) is 0 Å². The van der Waals surface area contributed by atoms with Crippen LogP contribution in [0.5, 0.6) is 0 Å². The van der Waals surface area contributed by atoms with Gasteiger partial charge in [0.15, 0.2) is 0 Å². The van der Waals surface area contributed by atoms with Crippen LogP contribution in [0.1, 0.15) is 126 Å². The second-order valence-corrected chi connectivity index (χ2v) is 50.8. The predicted octanol–water partition coefficient (Wildman–Crippen LogP) is 11.5. The fourth-order valence-electron chi connectivity index (χ4n) is 7.23. The van der Waals surface area contributed by atoms with Crippen molar-refractivity contribution < 1.29 is 5.11 Å². The van der Waals surface area contributed by atoms with Gasteiger partial charge in [-0.1, -0.05) is 0 Å². The van der Waals surface area contributed by atoms with Gasteiger partial charge in [0.2, 0.25) is 0 Å². The van der Waals surface area contributed by atoms with Crippen LogP contribution in [0.15, 0.2) is 0 Å². The second-order valence-electron chi connectivity index (χ2n) is 13.6. The summed E-state index contributed by atoms with van der Waals surface area (Å²) < 4.78 is 10.5. The number of hydrogen-bond donors (Lipinski definition) is 1. The Bertz CT molecular complexity index is 542. The molecule has 0 aliphatic carbocycles. The van der Waals surface area contributed by atoms with Gasteiger partial charge in [-0.2, -0.15) is 0 Å². The zero-order valence-corrected chi connectivity index (χ0v) is 34.1. The van der Waals surface area contributed by atoms with E-state index >= 15 is 0 Å².